The van der Waals surface area contributed by atoms with Crippen molar-refractivity contribution in [2.75, 3.05) is 0 Å². The van der Waals surface area contributed by atoms with Gasteiger partial charge in [0.15, 0.2) is 0 Å². The number of rotatable bonds is 3. The lowest BCUT2D eigenvalue weighted by molar-refractivity contribution is -0.137. The number of hydrogen-bond donors (Lipinski definition) is 1. The molecule has 0 atom stereocenters. The third-order valence-corrected chi connectivity index (χ3v) is 2.75. The van der Waals surface area contributed by atoms with Crippen LogP contribution in [0.1, 0.15) is 11.1 Å². The molecule has 0 radical (unpaired) electrons. The lowest BCUT2D eigenvalue weighted by Crippen LogP contribution is -2.04. The highest BCUT2D eigenvalue weighted by molar-refractivity contribution is 6.32. The van der Waals surface area contributed by atoms with Crippen molar-refractivity contribution < 1.29 is 23.0 Å². The van der Waals surface area contributed by atoms with Crippen LogP contribution in [0, 0.1) is 0 Å². The smallest absolute Gasteiger partial charge is 0.416 e. The molecule has 3 nitrogen and oxygen atoms in total. The highest BCUT2D eigenvalue weighted by atomic mass is 35.5. The van der Waals surface area contributed by atoms with Crippen LogP contribution in [0.25, 0.3) is 0 Å². The molecule has 0 saturated heterocycles. The lowest BCUT2D eigenvalue weighted by atomic mass is 10.2. The number of aliphatic hydroxyl groups is 1. The van der Waals surface area contributed by atoms with Crippen LogP contribution in [0.3, 0.4) is 0 Å². The van der Waals surface area contributed by atoms with E-state index in [-0.39, 0.29) is 23.3 Å². The largest absolute Gasteiger partial charge is 0.437 e. The van der Waals surface area contributed by atoms with E-state index in [1.54, 1.807) is 6.07 Å². The molecule has 7 heteroatoms. The van der Waals surface area contributed by atoms with Gasteiger partial charge in [0.05, 0.1) is 17.2 Å². The molecule has 1 aromatic carbocycles. The molecule has 0 spiro atoms. The minimum Gasteiger partial charge on any atom is -0.437 e. The van der Waals surface area contributed by atoms with Gasteiger partial charge in [-0.25, -0.2) is 4.98 Å². The van der Waals surface area contributed by atoms with Gasteiger partial charge in [-0.3, -0.25) is 0 Å². The van der Waals surface area contributed by atoms with E-state index in [2.05, 4.69) is 4.98 Å². The van der Waals surface area contributed by atoms with E-state index in [4.69, 9.17) is 21.4 Å². The summed E-state index contributed by atoms with van der Waals surface area (Å²) in [5, 5.41) is 8.70. The van der Waals surface area contributed by atoms with Crippen LogP contribution in [0.5, 0.6) is 11.6 Å². The molecule has 0 aliphatic rings. The fourth-order valence-corrected chi connectivity index (χ4v) is 1.66. The predicted octanol–water partition coefficient (Wildman–Crippen LogP) is 4.04. The number of pyridine rings is 1. The van der Waals surface area contributed by atoms with Crippen LogP contribution in [0.4, 0.5) is 13.2 Å². The first-order chi connectivity index (χ1) is 9.40. The fraction of sp³-hybridized carbons (Fsp3) is 0.154. The maximum Gasteiger partial charge on any atom is 0.416 e. The van der Waals surface area contributed by atoms with Crippen molar-refractivity contribution in [1.82, 2.24) is 4.98 Å². The molecule has 20 heavy (non-hydrogen) atoms. The van der Waals surface area contributed by atoms with Gasteiger partial charge >= 0.3 is 6.18 Å². The van der Waals surface area contributed by atoms with Gasteiger partial charge in [-0.15, -0.1) is 0 Å². The standard InChI is InChI=1S/C13H9ClF3NO2/c14-10-5-9(13(15,16)17)2-3-11(10)20-12-4-1-8(7-19)6-18-12/h1-6,19H,7H2. The van der Waals surface area contributed by atoms with E-state index in [1.807, 2.05) is 0 Å². The van der Waals surface area contributed by atoms with Crippen molar-refractivity contribution in [1.29, 1.82) is 0 Å². The molecular formula is C13H9ClF3NO2. The van der Waals surface area contributed by atoms with Crippen molar-refractivity contribution >= 4 is 11.6 Å². The quantitative estimate of drug-likeness (QED) is 0.930. The van der Waals surface area contributed by atoms with Crippen molar-refractivity contribution in [3.05, 3.63) is 52.7 Å². The minimum atomic E-state index is -4.46. The first kappa shape index (κ1) is 14.6. The molecule has 0 unspecified atom stereocenters. The van der Waals surface area contributed by atoms with Crippen molar-refractivity contribution in [3.8, 4) is 11.6 Å². The molecule has 0 aliphatic heterocycles. The third-order valence-electron chi connectivity index (χ3n) is 2.45. The second-order valence-corrected chi connectivity index (χ2v) is 4.32. The Kier molecular flexibility index (Phi) is 4.15. The Bertz CT molecular complexity index is 600. The minimum absolute atomic E-state index is 0.0731. The number of aliphatic hydroxyl groups excluding tert-OH is 1. The van der Waals surface area contributed by atoms with E-state index in [0.29, 0.717) is 5.56 Å². The van der Waals surface area contributed by atoms with E-state index >= 15 is 0 Å². The summed E-state index contributed by atoms with van der Waals surface area (Å²) in [6.45, 7) is -0.158. The van der Waals surface area contributed by atoms with Crippen LogP contribution < -0.4 is 4.74 Å². The molecule has 0 aliphatic carbocycles. The Balaban J connectivity index is 2.21. The van der Waals surface area contributed by atoms with Crippen molar-refractivity contribution in [3.63, 3.8) is 0 Å². The zero-order chi connectivity index (χ0) is 14.8. The van der Waals surface area contributed by atoms with Gasteiger partial charge < -0.3 is 9.84 Å². The van der Waals surface area contributed by atoms with E-state index in [0.717, 1.165) is 18.2 Å². The topological polar surface area (TPSA) is 42.4 Å². The third kappa shape index (κ3) is 3.40. The lowest BCUT2D eigenvalue weighted by Gasteiger charge is -2.10. The van der Waals surface area contributed by atoms with Gasteiger partial charge in [-0.1, -0.05) is 11.6 Å². The number of halogens is 4. The first-order valence-corrected chi connectivity index (χ1v) is 5.88. The Morgan fingerprint density at radius 3 is 2.45 bits per heavy atom. The molecular weight excluding hydrogens is 295 g/mol. The normalized spacial score (nSPS) is 11.4. The predicted molar refractivity (Wildman–Crippen MR) is 66.7 cm³/mol. The first-order valence-electron chi connectivity index (χ1n) is 5.50. The van der Waals surface area contributed by atoms with Gasteiger partial charge in [-0.2, -0.15) is 13.2 Å². The van der Waals surface area contributed by atoms with Crippen LogP contribution >= 0.6 is 11.6 Å². The molecule has 1 heterocycles. The monoisotopic (exact) mass is 303 g/mol. The zero-order valence-electron chi connectivity index (χ0n) is 9.99. The van der Waals surface area contributed by atoms with Gasteiger partial charge in [0.2, 0.25) is 5.88 Å². The number of nitrogens with zero attached hydrogens (tertiary/aromatic N) is 1. The molecule has 106 valence electrons. The van der Waals surface area contributed by atoms with Gasteiger partial charge in [0.1, 0.15) is 5.75 Å². The molecule has 0 amide bonds. The van der Waals surface area contributed by atoms with Gasteiger partial charge in [-0.05, 0) is 29.8 Å². The SMILES string of the molecule is OCc1ccc(Oc2ccc(C(F)(F)F)cc2Cl)nc1. The second-order valence-electron chi connectivity index (χ2n) is 3.91. The summed E-state index contributed by atoms with van der Waals surface area (Å²) >= 11 is 5.75. The Hall–Kier alpha value is -1.79. The molecule has 1 N–H and O–H groups in total. The summed E-state index contributed by atoms with van der Waals surface area (Å²) in [6, 6.07) is 5.87. The summed E-state index contributed by atoms with van der Waals surface area (Å²) < 4.78 is 42.7. The number of alkyl halides is 3. The molecule has 0 saturated carbocycles. The Morgan fingerprint density at radius 2 is 1.95 bits per heavy atom. The summed E-state index contributed by atoms with van der Waals surface area (Å²) in [5.74, 6) is 0.243. The summed E-state index contributed by atoms with van der Waals surface area (Å²) in [7, 11) is 0. The molecule has 0 fully saturated rings. The highest BCUT2D eigenvalue weighted by Gasteiger charge is 2.31. The summed E-state index contributed by atoms with van der Waals surface area (Å²) in [6.07, 6.45) is -3.06. The van der Waals surface area contributed by atoms with Gasteiger partial charge in [0.25, 0.3) is 0 Å². The number of aromatic nitrogens is 1. The van der Waals surface area contributed by atoms with Crippen LogP contribution in [-0.2, 0) is 12.8 Å². The molecule has 2 aromatic rings. The maximum absolute atomic E-state index is 12.5. The maximum atomic E-state index is 12.5. The van der Waals surface area contributed by atoms with E-state index in [1.165, 1.54) is 12.3 Å². The summed E-state index contributed by atoms with van der Waals surface area (Å²) in [4.78, 5) is 3.89. The second kappa shape index (κ2) is 5.68. The fourth-order valence-electron chi connectivity index (χ4n) is 1.44. The average molecular weight is 304 g/mol. The highest BCUT2D eigenvalue weighted by Crippen LogP contribution is 2.35. The van der Waals surface area contributed by atoms with E-state index in [9.17, 15) is 13.2 Å². The van der Waals surface area contributed by atoms with E-state index < -0.39 is 11.7 Å². The number of benzene rings is 1. The van der Waals surface area contributed by atoms with Crippen molar-refractivity contribution in [2.45, 2.75) is 12.8 Å². The van der Waals surface area contributed by atoms with Gasteiger partial charge in [0, 0.05) is 12.3 Å². The van der Waals surface area contributed by atoms with Crippen LogP contribution in [0.15, 0.2) is 36.5 Å². The van der Waals surface area contributed by atoms with Crippen LogP contribution in [-0.4, -0.2) is 10.1 Å². The number of hydrogen-bond acceptors (Lipinski definition) is 3. The zero-order valence-corrected chi connectivity index (χ0v) is 10.7. The Morgan fingerprint density at radius 1 is 1.20 bits per heavy atom. The molecule has 1 aromatic heterocycles. The average Bonchev–Trinajstić information content (AvgIpc) is 2.41. The molecule has 2 rings (SSSR count). The Labute approximate surface area is 117 Å². The van der Waals surface area contributed by atoms with Crippen LogP contribution in [0.2, 0.25) is 5.02 Å². The molecule has 0 bridgehead atoms. The number of ether oxygens (including phenoxy) is 1. The summed E-state index contributed by atoms with van der Waals surface area (Å²) in [5.41, 5.74) is -0.255. The van der Waals surface area contributed by atoms with Crippen molar-refractivity contribution in [2.24, 2.45) is 0 Å².